The van der Waals surface area contributed by atoms with Gasteiger partial charge in [-0.15, -0.1) is 0 Å². The maximum Gasteiger partial charge on any atom is 0.290 e. The quantitative estimate of drug-likeness (QED) is 0.801. The van der Waals surface area contributed by atoms with E-state index in [9.17, 15) is 14.7 Å². The van der Waals surface area contributed by atoms with E-state index < -0.39 is 17.7 Å². The second kappa shape index (κ2) is 7.33. The lowest BCUT2D eigenvalue weighted by Crippen LogP contribution is -2.33. The number of fused-ring (bicyclic) bond motifs is 1. The highest BCUT2D eigenvalue weighted by Gasteiger charge is 2.43. The van der Waals surface area contributed by atoms with E-state index in [2.05, 4.69) is 4.98 Å². The number of aliphatic hydroxyl groups is 1. The lowest BCUT2D eigenvalue weighted by molar-refractivity contribution is -0.129. The zero-order valence-corrected chi connectivity index (χ0v) is 15.5. The summed E-state index contributed by atoms with van der Waals surface area (Å²) >= 11 is 0. The number of nitrogens with one attached hydrogen (secondary N) is 1. The minimum atomic E-state index is -0.548. The number of carbonyl (C=O) groups excluding carboxylic acids is 2. The Morgan fingerprint density at radius 1 is 1.31 bits per heavy atom. The molecule has 3 rings (SSSR count). The average Bonchev–Trinajstić information content (AvgIpc) is 3.15. The summed E-state index contributed by atoms with van der Waals surface area (Å²) < 4.78 is 0. The van der Waals surface area contributed by atoms with Gasteiger partial charge >= 0.3 is 0 Å². The van der Waals surface area contributed by atoms with E-state index in [1.165, 1.54) is 0 Å². The third-order valence-corrected chi connectivity index (χ3v) is 4.85. The summed E-state index contributed by atoms with van der Waals surface area (Å²) in [5.41, 5.74) is 2.00. The van der Waals surface area contributed by atoms with Crippen molar-refractivity contribution in [3.63, 3.8) is 0 Å². The molecule has 0 saturated heterocycles. The van der Waals surface area contributed by atoms with Gasteiger partial charge in [-0.2, -0.15) is 0 Å². The number of amides is 1. The van der Waals surface area contributed by atoms with E-state index in [0.29, 0.717) is 6.54 Å². The highest BCUT2D eigenvalue weighted by molar-refractivity contribution is 6.09. The fraction of sp³-hybridized carbons (Fsp3) is 0.400. The molecule has 0 saturated carbocycles. The van der Waals surface area contributed by atoms with Gasteiger partial charge in [0.25, 0.3) is 5.91 Å². The Morgan fingerprint density at radius 3 is 2.73 bits per heavy atom. The Labute approximate surface area is 153 Å². The molecule has 2 N–H and O–H groups in total. The van der Waals surface area contributed by atoms with Crippen LogP contribution in [0.4, 0.5) is 0 Å². The first-order chi connectivity index (χ1) is 12.5. The fourth-order valence-electron chi connectivity index (χ4n) is 3.56. The first-order valence-corrected chi connectivity index (χ1v) is 8.93. The number of aromatic nitrogens is 1. The largest absolute Gasteiger partial charge is 0.503 e. The molecule has 2 aromatic rings. The molecular formula is C20H25N3O3. The van der Waals surface area contributed by atoms with Gasteiger partial charge in [0.2, 0.25) is 0 Å². The second-order valence-corrected chi connectivity index (χ2v) is 6.89. The van der Waals surface area contributed by atoms with E-state index in [-0.39, 0.29) is 17.8 Å². The molecule has 6 heteroatoms. The lowest BCUT2D eigenvalue weighted by Gasteiger charge is -2.27. The summed E-state index contributed by atoms with van der Waals surface area (Å²) in [5.74, 6) is -1.06. The van der Waals surface area contributed by atoms with Crippen LogP contribution < -0.4 is 0 Å². The van der Waals surface area contributed by atoms with Crippen molar-refractivity contribution in [1.29, 1.82) is 0 Å². The minimum absolute atomic E-state index is 0.193. The number of benzene rings is 1. The molecule has 1 unspecified atom stereocenters. The number of nitrogens with zero attached hydrogens (tertiary/aromatic N) is 2. The van der Waals surface area contributed by atoms with E-state index >= 15 is 0 Å². The van der Waals surface area contributed by atoms with Crippen LogP contribution in [0.1, 0.15) is 31.4 Å². The molecule has 1 amide bonds. The zero-order valence-electron chi connectivity index (χ0n) is 15.5. The Balaban J connectivity index is 2.04. The summed E-state index contributed by atoms with van der Waals surface area (Å²) in [7, 11) is 3.95. The van der Waals surface area contributed by atoms with Gasteiger partial charge in [-0.05, 0) is 33.1 Å². The van der Waals surface area contributed by atoms with Crippen molar-refractivity contribution in [2.45, 2.75) is 25.8 Å². The summed E-state index contributed by atoms with van der Waals surface area (Å²) in [4.78, 5) is 32.1. The van der Waals surface area contributed by atoms with Crippen molar-refractivity contribution in [2.75, 3.05) is 27.2 Å². The molecule has 0 fully saturated rings. The first kappa shape index (κ1) is 18.2. The number of aromatic amines is 1. The predicted molar refractivity (Wildman–Crippen MR) is 101 cm³/mol. The highest BCUT2D eigenvalue weighted by atomic mass is 16.3. The molecule has 1 aliphatic heterocycles. The van der Waals surface area contributed by atoms with E-state index in [0.717, 1.165) is 29.4 Å². The van der Waals surface area contributed by atoms with Crippen molar-refractivity contribution < 1.29 is 14.7 Å². The summed E-state index contributed by atoms with van der Waals surface area (Å²) in [6.07, 6.45) is 2.85. The maximum atomic E-state index is 12.7. The predicted octanol–water partition coefficient (Wildman–Crippen LogP) is 2.79. The molecule has 1 atom stereocenters. The van der Waals surface area contributed by atoms with Crippen LogP contribution in [0.3, 0.4) is 0 Å². The minimum Gasteiger partial charge on any atom is -0.503 e. The SMILES string of the molecule is CCC(=O)C1=C(O)C(=O)N(CCCN(C)C)C1c1c[nH]c2ccccc12. The number of carbonyl (C=O) groups is 2. The summed E-state index contributed by atoms with van der Waals surface area (Å²) in [5, 5.41) is 11.4. The molecule has 6 nitrogen and oxygen atoms in total. The smallest absolute Gasteiger partial charge is 0.290 e. The molecule has 1 aromatic heterocycles. The monoisotopic (exact) mass is 355 g/mol. The van der Waals surface area contributed by atoms with Gasteiger partial charge < -0.3 is 19.9 Å². The Kier molecular flexibility index (Phi) is 5.13. The molecule has 2 heterocycles. The van der Waals surface area contributed by atoms with E-state index in [4.69, 9.17) is 0 Å². The van der Waals surface area contributed by atoms with Gasteiger partial charge in [0.15, 0.2) is 11.5 Å². The number of ketones is 1. The van der Waals surface area contributed by atoms with Crippen molar-refractivity contribution in [3.8, 4) is 0 Å². The maximum absolute atomic E-state index is 12.7. The molecule has 26 heavy (non-hydrogen) atoms. The van der Waals surface area contributed by atoms with Crippen molar-refractivity contribution in [3.05, 3.63) is 47.4 Å². The molecule has 1 aromatic carbocycles. The van der Waals surface area contributed by atoms with Crippen molar-refractivity contribution in [1.82, 2.24) is 14.8 Å². The second-order valence-electron chi connectivity index (χ2n) is 6.89. The summed E-state index contributed by atoms with van der Waals surface area (Å²) in [6, 6.07) is 7.23. The molecule has 0 bridgehead atoms. The van der Waals surface area contributed by atoms with Crippen molar-refractivity contribution in [2.24, 2.45) is 0 Å². The molecule has 138 valence electrons. The van der Waals surface area contributed by atoms with Crippen LogP contribution in [-0.2, 0) is 9.59 Å². The topological polar surface area (TPSA) is 76.6 Å². The molecule has 0 radical (unpaired) electrons. The third-order valence-electron chi connectivity index (χ3n) is 4.85. The number of para-hydroxylation sites is 1. The molecule has 0 aliphatic carbocycles. The Morgan fingerprint density at radius 2 is 2.04 bits per heavy atom. The Bertz CT molecular complexity index is 866. The first-order valence-electron chi connectivity index (χ1n) is 8.93. The van der Waals surface area contributed by atoms with Gasteiger partial charge in [-0.25, -0.2) is 0 Å². The van der Waals surface area contributed by atoms with E-state index in [1.54, 1.807) is 11.8 Å². The third kappa shape index (κ3) is 3.12. The van der Waals surface area contributed by atoms with Crippen molar-refractivity contribution >= 4 is 22.6 Å². The molecular weight excluding hydrogens is 330 g/mol. The van der Waals surface area contributed by atoms with Crippen LogP contribution >= 0.6 is 0 Å². The number of Topliss-reactive ketones (excluding diaryl/α,β-unsaturated/α-hetero) is 1. The number of rotatable bonds is 7. The van der Waals surface area contributed by atoms with Crippen LogP contribution in [0.25, 0.3) is 10.9 Å². The average molecular weight is 355 g/mol. The number of hydrogen-bond donors (Lipinski definition) is 2. The van der Waals surface area contributed by atoms with Crippen LogP contribution in [0.15, 0.2) is 41.8 Å². The van der Waals surface area contributed by atoms with Crippen LogP contribution in [0.2, 0.25) is 0 Å². The van der Waals surface area contributed by atoms with Gasteiger partial charge in [-0.1, -0.05) is 25.1 Å². The highest BCUT2D eigenvalue weighted by Crippen LogP contribution is 2.40. The van der Waals surface area contributed by atoms with Crippen LogP contribution in [-0.4, -0.2) is 58.8 Å². The van der Waals surface area contributed by atoms with Crippen LogP contribution in [0, 0.1) is 0 Å². The standard InChI is InChI=1S/C20H25N3O3/c1-4-16(24)17-18(14-12-21-15-9-6-5-8-13(14)15)23(20(26)19(17)25)11-7-10-22(2)3/h5-6,8-9,12,18,21,25H,4,7,10-11H2,1-3H3. The van der Waals surface area contributed by atoms with Crippen LogP contribution in [0.5, 0.6) is 0 Å². The zero-order chi connectivity index (χ0) is 18.8. The van der Waals surface area contributed by atoms with Gasteiger partial charge in [-0.3, -0.25) is 9.59 Å². The Hall–Kier alpha value is -2.60. The summed E-state index contributed by atoms with van der Waals surface area (Å²) in [6.45, 7) is 3.04. The van der Waals surface area contributed by atoms with Gasteiger partial charge in [0.1, 0.15) is 0 Å². The van der Waals surface area contributed by atoms with Gasteiger partial charge in [0.05, 0.1) is 11.6 Å². The normalized spacial score (nSPS) is 17.8. The van der Waals surface area contributed by atoms with E-state index in [1.807, 2.05) is 49.5 Å². The molecule has 0 spiro atoms. The fourth-order valence-corrected chi connectivity index (χ4v) is 3.56. The lowest BCUT2D eigenvalue weighted by atomic mass is 9.94. The number of hydrogen-bond acceptors (Lipinski definition) is 4. The number of aliphatic hydroxyl groups excluding tert-OH is 1. The molecule has 1 aliphatic rings. The number of H-pyrrole nitrogens is 1. The van der Waals surface area contributed by atoms with Gasteiger partial charge in [0, 0.05) is 35.6 Å².